The van der Waals surface area contributed by atoms with Crippen molar-refractivity contribution < 1.29 is 0 Å². The molecule has 0 aliphatic carbocycles. The van der Waals surface area contributed by atoms with Gasteiger partial charge >= 0.3 is 0 Å². The lowest BCUT2D eigenvalue weighted by molar-refractivity contribution is 1.50. The van der Waals surface area contributed by atoms with Crippen molar-refractivity contribution in [2.24, 2.45) is 0 Å². The number of nitrogens with two attached hydrogens (primary N) is 1. The van der Waals surface area contributed by atoms with Crippen molar-refractivity contribution in [2.75, 3.05) is 11.1 Å². The predicted molar refractivity (Wildman–Crippen MR) is 65.2 cm³/mol. The Kier molecular flexibility index (Phi) is 5.95. The Morgan fingerprint density at radius 3 is 2.57 bits per heavy atom. The lowest BCUT2D eigenvalue weighted by Gasteiger charge is -2.05. The van der Waals surface area contributed by atoms with Crippen LogP contribution < -0.4 is 11.1 Å². The van der Waals surface area contributed by atoms with E-state index in [4.69, 9.17) is 5.73 Å². The van der Waals surface area contributed by atoms with Crippen LogP contribution >= 0.6 is 0 Å². The second-order valence-electron chi connectivity index (χ2n) is 2.48. The summed E-state index contributed by atoms with van der Waals surface area (Å²) in [4.78, 5) is 0. The van der Waals surface area contributed by atoms with Crippen LogP contribution in [0.25, 0.3) is 0 Å². The van der Waals surface area contributed by atoms with Crippen LogP contribution in [0.1, 0.15) is 13.8 Å². The molecule has 0 atom stereocenters. The molecule has 0 spiro atoms. The smallest absolute Gasteiger partial charge is 0.0404 e. The molecular weight excluding hydrogens is 172 g/mol. The third kappa shape index (κ3) is 4.36. The van der Waals surface area contributed by atoms with Gasteiger partial charge in [0.05, 0.1) is 0 Å². The van der Waals surface area contributed by atoms with Gasteiger partial charge in [0.1, 0.15) is 0 Å². The van der Waals surface area contributed by atoms with E-state index in [1.807, 2.05) is 38.1 Å². The van der Waals surface area contributed by atoms with Gasteiger partial charge in [-0.3, -0.25) is 0 Å². The van der Waals surface area contributed by atoms with Gasteiger partial charge in [-0.05, 0) is 24.3 Å². The first-order valence-corrected chi connectivity index (χ1v) is 4.66. The second kappa shape index (κ2) is 6.78. The van der Waals surface area contributed by atoms with Gasteiger partial charge in [0, 0.05) is 17.1 Å². The van der Waals surface area contributed by atoms with Crippen LogP contribution in [0.15, 0.2) is 49.2 Å². The molecule has 76 valence electrons. The fourth-order valence-corrected chi connectivity index (χ4v) is 0.853. The molecule has 1 aromatic carbocycles. The van der Waals surface area contributed by atoms with E-state index in [9.17, 15) is 0 Å². The first kappa shape index (κ1) is 12.3. The summed E-state index contributed by atoms with van der Waals surface area (Å²) >= 11 is 0. The van der Waals surface area contributed by atoms with Crippen LogP contribution in [-0.4, -0.2) is 0 Å². The molecule has 0 aliphatic rings. The fraction of sp³-hybridized carbons (Fsp3) is 0.167. The molecule has 0 aromatic heterocycles. The van der Waals surface area contributed by atoms with Crippen LogP contribution in [-0.2, 0) is 0 Å². The molecule has 1 rings (SSSR count). The highest BCUT2D eigenvalue weighted by Gasteiger charge is 1.91. The summed E-state index contributed by atoms with van der Waals surface area (Å²) in [5, 5.41) is 3.04. The van der Waals surface area contributed by atoms with Gasteiger partial charge in [0.25, 0.3) is 0 Å². The highest BCUT2D eigenvalue weighted by molar-refractivity contribution is 5.57. The average molecular weight is 190 g/mol. The van der Waals surface area contributed by atoms with E-state index in [1.54, 1.807) is 6.08 Å². The van der Waals surface area contributed by atoms with Gasteiger partial charge in [-0.1, -0.05) is 33.1 Å². The summed E-state index contributed by atoms with van der Waals surface area (Å²) in [6, 6.07) is 7.48. The van der Waals surface area contributed by atoms with Crippen molar-refractivity contribution in [3.8, 4) is 0 Å². The highest BCUT2D eigenvalue weighted by Crippen LogP contribution is 2.13. The normalized spacial score (nSPS) is 8.14. The molecule has 0 fully saturated rings. The number of nitrogens with one attached hydrogen (secondary N) is 1. The number of hydrogen-bond donors (Lipinski definition) is 2. The number of hydrogen-bond acceptors (Lipinski definition) is 2. The molecule has 2 nitrogen and oxygen atoms in total. The first-order valence-electron chi connectivity index (χ1n) is 4.66. The summed E-state index contributed by atoms with van der Waals surface area (Å²) in [6.45, 7) is 11.3. The minimum absolute atomic E-state index is 0.733. The first-order chi connectivity index (χ1) is 6.72. The van der Waals surface area contributed by atoms with Crippen molar-refractivity contribution >= 4 is 11.4 Å². The number of allylic oxidation sites excluding steroid dienone is 1. The standard InChI is InChI=1S/C10H12N2.C2H6/c1-3-8(2)12-10-6-4-5-9(11)7-10;1-2/h3-7,12H,1-2,11H2;1-2H3. The van der Waals surface area contributed by atoms with E-state index in [1.165, 1.54) is 0 Å². The molecule has 1 aromatic rings. The zero-order valence-corrected chi connectivity index (χ0v) is 8.88. The van der Waals surface area contributed by atoms with Gasteiger partial charge in [0.2, 0.25) is 0 Å². The zero-order chi connectivity index (χ0) is 11.0. The van der Waals surface area contributed by atoms with Crippen LogP contribution in [0.5, 0.6) is 0 Å². The Balaban J connectivity index is 0.000000791. The van der Waals surface area contributed by atoms with Crippen molar-refractivity contribution in [1.82, 2.24) is 0 Å². The maximum absolute atomic E-state index is 5.58. The largest absolute Gasteiger partial charge is 0.399 e. The SMILES string of the molecule is C=CC(=C)Nc1cccc(N)c1.CC. The minimum atomic E-state index is 0.733. The summed E-state index contributed by atoms with van der Waals surface area (Å²) in [7, 11) is 0. The van der Waals surface area contributed by atoms with E-state index in [0.717, 1.165) is 17.1 Å². The van der Waals surface area contributed by atoms with Crippen molar-refractivity contribution in [3.63, 3.8) is 0 Å². The van der Waals surface area contributed by atoms with Crippen LogP contribution in [0.2, 0.25) is 0 Å². The molecule has 0 saturated heterocycles. The van der Waals surface area contributed by atoms with Crippen LogP contribution in [0.4, 0.5) is 11.4 Å². The van der Waals surface area contributed by atoms with Gasteiger partial charge in [-0.25, -0.2) is 0 Å². The summed E-state index contributed by atoms with van der Waals surface area (Å²) in [5.74, 6) is 0. The maximum atomic E-state index is 5.58. The maximum Gasteiger partial charge on any atom is 0.0404 e. The van der Waals surface area contributed by atoms with E-state index < -0.39 is 0 Å². The van der Waals surface area contributed by atoms with E-state index in [-0.39, 0.29) is 0 Å². The van der Waals surface area contributed by atoms with Crippen molar-refractivity contribution in [1.29, 1.82) is 0 Å². The second-order valence-corrected chi connectivity index (χ2v) is 2.48. The Labute approximate surface area is 86.1 Å². The Morgan fingerprint density at radius 2 is 2.07 bits per heavy atom. The molecule has 2 heteroatoms. The van der Waals surface area contributed by atoms with Crippen LogP contribution in [0, 0.1) is 0 Å². The van der Waals surface area contributed by atoms with E-state index >= 15 is 0 Å². The van der Waals surface area contributed by atoms with E-state index in [2.05, 4.69) is 18.5 Å². The predicted octanol–water partition coefficient (Wildman–Crippen LogP) is 3.41. The molecule has 3 N–H and O–H groups in total. The number of nitrogen functional groups attached to an aromatic ring is 1. The molecule has 0 radical (unpaired) electrons. The minimum Gasteiger partial charge on any atom is -0.399 e. The number of anilines is 2. The van der Waals surface area contributed by atoms with Gasteiger partial charge in [0.15, 0.2) is 0 Å². The third-order valence-corrected chi connectivity index (χ3v) is 1.44. The average Bonchev–Trinajstić information content (AvgIpc) is 2.21. The van der Waals surface area contributed by atoms with E-state index in [0.29, 0.717) is 0 Å². The third-order valence-electron chi connectivity index (χ3n) is 1.44. The Morgan fingerprint density at radius 1 is 1.43 bits per heavy atom. The van der Waals surface area contributed by atoms with Gasteiger partial charge < -0.3 is 11.1 Å². The lowest BCUT2D eigenvalue weighted by Crippen LogP contribution is -1.95. The lowest BCUT2D eigenvalue weighted by atomic mass is 10.3. The molecule has 0 aliphatic heterocycles. The fourth-order valence-electron chi connectivity index (χ4n) is 0.853. The quantitative estimate of drug-likeness (QED) is 0.566. The Bertz CT molecular complexity index is 303. The summed E-state index contributed by atoms with van der Waals surface area (Å²) in [5.41, 5.74) is 8.01. The van der Waals surface area contributed by atoms with Crippen LogP contribution in [0.3, 0.4) is 0 Å². The zero-order valence-electron chi connectivity index (χ0n) is 8.88. The Hall–Kier alpha value is -1.70. The van der Waals surface area contributed by atoms with Gasteiger partial charge in [-0.2, -0.15) is 0 Å². The topological polar surface area (TPSA) is 38.0 Å². The number of benzene rings is 1. The molecule has 0 heterocycles. The molecule has 0 saturated carbocycles. The van der Waals surface area contributed by atoms with Crippen molar-refractivity contribution in [2.45, 2.75) is 13.8 Å². The molecule has 14 heavy (non-hydrogen) atoms. The molecule has 0 amide bonds. The van der Waals surface area contributed by atoms with Crippen molar-refractivity contribution in [3.05, 3.63) is 49.2 Å². The molecule has 0 unspecified atom stereocenters. The highest BCUT2D eigenvalue weighted by atomic mass is 14.9. The number of rotatable bonds is 3. The molecular formula is C12H18N2. The summed E-state index contributed by atoms with van der Waals surface area (Å²) in [6.07, 6.45) is 1.66. The summed E-state index contributed by atoms with van der Waals surface area (Å²) < 4.78 is 0. The monoisotopic (exact) mass is 190 g/mol. The molecule has 0 bridgehead atoms. The van der Waals surface area contributed by atoms with Gasteiger partial charge in [-0.15, -0.1) is 0 Å².